The lowest BCUT2D eigenvalue weighted by atomic mass is 10.2. The number of nitrogens with zero attached hydrogens (tertiary/aromatic N) is 4. The molecular formula is C15H10F3N5O2S. The number of thiazole rings is 1. The molecule has 0 bridgehead atoms. The van der Waals surface area contributed by atoms with Crippen molar-refractivity contribution in [1.29, 1.82) is 5.26 Å². The van der Waals surface area contributed by atoms with Gasteiger partial charge in [-0.3, -0.25) is 0 Å². The van der Waals surface area contributed by atoms with Crippen LogP contribution in [0.2, 0.25) is 0 Å². The summed E-state index contributed by atoms with van der Waals surface area (Å²) in [6, 6.07) is 6.88. The van der Waals surface area contributed by atoms with Crippen LogP contribution in [0.5, 0.6) is 16.7 Å². The normalized spacial score (nSPS) is 11.2. The largest absolute Gasteiger partial charge is 0.573 e. The van der Waals surface area contributed by atoms with E-state index in [0.717, 1.165) is 17.0 Å². The van der Waals surface area contributed by atoms with Crippen LogP contribution < -0.4 is 9.47 Å². The van der Waals surface area contributed by atoms with Crippen LogP contribution in [0.3, 0.4) is 0 Å². The van der Waals surface area contributed by atoms with E-state index >= 15 is 0 Å². The van der Waals surface area contributed by atoms with Gasteiger partial charge in [0.2, 0.25) is 0 Å². The number of aromatic amines is 1. The lowest BCUT2D eigenvalue weighted by Gasteiger charge is -2.09. The summed E-state index contributed by atoms with van der Waals surface area (Å²) in [6.45, 7) is 1.91. The molecule has 0 aliphatic heterocycles. The Labute approximate surface area is 149 Å². The lowest BCUT2D eigenvalue weighted by molar-refractivity contribution is -0.274. The van der Waals surface area contributed by atoms with E-state index in [-0.39, 0.29) is 16.6 Å². The second-order valence-corrected chi connectivity index (χ2v) is 5.91. The van der Waals surface area contributed by atoms with E-state index in [1.54, 1.807) is 0 Å². The maximum atomic E-state index is 12.2. The molecule has 7 nitrogen and oxygen atoms in total. The summed E-state index contributed by atoms with van der Waals surface area (Å²) in [4.78, 5) is 5.16. The molecule has 0 radical (unpaired) electrons. The van der Waals surface area contributed by atoms with E-state index in [2.05, 4.69) is 25.1 Å². The van der Waals surface area contributed by atoms with Crippen LogP contribution in [0.1, 0.15) is 17.5 Å². The first-order chi connectivity index (χ1) is 12.4. The van der Waals surface area contributed by atoms with Crippen molar-refractivity contribution in [2.45, 2.75) is 19.7 Å². The molecule has 11 heteroatoms. The first kappa shape index (κ1) is 17.7. The van der Waals surface area contributed by atoms with Crippen molar-refractivity contribution in [2.24, 2.45) is 0 Å². The van der Waals surface area contributed by atoms with Gasteiger partial charge in [0.15, 0.2) is 11.4 Å². The Kier molecular flexibility index (Phi) is 4.77. The van der Waals surface area contributed by atoms with Crippen LogP contribution in [0.15, 0.2) is 24.3 Å². The summed E-state index contributed by atoms with van der Waals surface area (Å²) < 4.78 is 45.9. The third kappa shape index (κ3) is 3.92. The highest BCUT2D eigenvalue weighted by Crippen LogP contribution is 2.35. The van der Waals surface area contributed by atoms with Gasteiger partial charge in [-0.2, -0.15) is 15.6 Å². The highest BCUT2D eigenvalue weighted by molar-refractivity contribution is 7.13. The predicted molar refractivity (Wildman–Crippen MR) is 84.8 cm³/mol. The Morgan fingerprint density at radius 3 is 2.46 bits per heavy atom. The minimum atomic E-state index is -4.75. The first-order valence-electron chi connectivity index (χ1n) is 7.24. The average Bonchev–Trinajstić information content (AvgIpc) is 3.21. The third-order valence-electron chi connectivity index (χ3n) is 3.14. The summed E-state index contributed by atoms with van der Waals surface area (Å²) in [5.74, 6) is -0.0525. The summed E-state index contributed by atoms with van der Waals surface area (Å²) in [5.41, 5.74) is 0.921. The first-order valence-corrected chi connectivity index (χ1v) is 8.06. The molecule has 0 spiro atoms. The van der Waals surface area contributed by atoms with Gasteiger partial charge in [0.25, 0.3) is 5.19 Å². The maximum absolute atomic E-state index is 12.2. The molecule has 0 aliphatic carbocycles. The number of nitriles is 1. The van der Waals surface area contributed by atoms with E-state index in [0.29, 0.717) is 23.6 Å². The number of aryl methyl sites for hydroxylation is 1. The monoisotopic (exact) mass is 381 g/mol. The van der Waals surface area contributed by atoms with E-state index in [4.69, 9.17) is 10.00 Å². The SMILES string of the molecule is CCc1sc(Oc2ccc(OC(F)(F)F)cc2)nc1-c1n[nH]nc1C#N. The number of nitrogens with one attached hydrogen (secondary N) is 1. The van der Waals surface area contributed by atoms with Crippen molar-refractivity contribution in [2.75, 3.05) is 0 Å². The molecule has 0 atom stereocenters. The number of benzene rings is 1. The van der Waals surface area contributed by atoms with Crippen LogP contribution in [0.4, 0.5) is 13.2 Å². The Morgan fingerprint density at radius 1 is 1.15 bits per heavy atom. The standard InChI is InChI=1S/C15H10F3N5O2S/c1-2-11-13(12-10(7-19)21-23-22-12)20-14(26-11)24-8-3-5-9(6-4-8)25-15(16,17)18/h3-6H,2H2,1H3,(H,21,22,23). The fourth-order valence-electron chi connectivity index (χ4n) is 2.08. The molecule has 0 fully saturated rings. The molecule has 2 heterocycles. The van der Waals surface area contributed by atoms with Crippen molar-refractivity contribution in [3.63, 3.8) is 0 Å². The zero-order valence-corrected chi connectivity index (χ0v) is 14.0. The quantitative estimate of drug-likeness (QED) is 0.716. The highest BCUT2D eigenvalue weighted by atomic mass is 32.1. The molecule has 0 saturated heterocycles. The van der Waals surface area contributed by atoms with Gasteiger partial charge in [-0.25, -0.2) is 4.98 Å². The zero-order valence-electron chi connectivity index (χ0n) is 13.2. The van der Waals surface area contributed by atoms with Gasteiger partial charge < -0.3 is 9.47 Å². The van der Waals surface area contributed by atoms with E-state index in [1.165, 1.54) is 23.5 Å². The second kappa shape index (κ2) is 7.01. The molecule has 0 unspecified atom stereocenters. The summed E-state index contributed by atoms with van der Waals surface area (Å²) >= 11 is 1.25. The minimum Gasteiger partial charge on any atom is -0.431 e. The van der Waals surface area contributed by atoms with Crippen LogP contribution in [0.25, 0.3) is 11.4 Å². The molecule has 134 valence electrons. The Morgan fingerprint density at radius 2 is 1.85 bits per heavy atom. The number of H-pyrrole nitrogens is 1. The number of alkyl halides is 3. The van der Waals surface area contributed by atoms with E-state index in [1.807, 2.05) is 13.0 Å². The zero-order chi connectivity index (χ0) is 18.7. The smallest absolute Gasteiger partial charge is 0.431 e. The van der Waals surface area contributed by atoms with Gasteiger partial charge in [0, 0.05) is 4.88 Å². The molecular weight excluding hydrogens is 371 g/mol. The van der Waals surface area contributed by atoms with Gasteiger partial charge in [-0.05, 0) is 30.7 Å². The van der Waals surface area contributed by atoms with Gasteiger partial charge in [-0.15, -0.1) is 18.3 Å². The Hall–Kier alpha value is -3.13. The van der Waals surface area contributed by atoms with Crippen LogP contribution in [-0.4, -0.2) is 26.8 Å². The number of aromatic nitrogens is 4. The number of hydrogen-bond donors (Lipinski definition) is 1. The number of hydrogen-bond acceptors (Lipinski definition) is 7. The maximum Gasteiger partial charge on any atom is 0.573 e. The lowest BCUT2D eigenvalue weighted by Crippen LogP contribution is -2.16. The van der Waals surface area contributed by atoms with Gasteiger partial charge in [0.05, 0.1) is 0 Å². The Bertz CT molecular complexity index is 944. The minimum absolute atomic E-state index is 0.116. The van der Waals surface area contributed by atoms with Gasteiger partial charge in [-0.1, -0.05) is 18.3 Å². The van der Waals surface area contributed by atoms with Gasteiger partial charge in [0.1, 0.15) is 23.3 Å². The third-order valence-corrected chi connectivity index (χ3v) is 4.22. The van der Waals surface area contributed by atoms with Crippen molar-refractivity contribution in [3.05, 3.63) is 34.8 Å². The van der Waals surface area contributed by atoms with Crippen LogP contribution in [-0.2, 0) is 6.42 Å². The average molecular weight is 381 g/mol. The molecule has 1 N–H and O–H groups in total. The number of ether oxygens (including phenoxy) is 2. The summed E-state index contributed by atoms with van der Waals surface area (Å²) in [5, 5.41) is 19.4. The van der Waals surface area contributed by atoms with E-state index < -0.39 is 6.36 Å². The van der Waals surface area contributed by atoms with Gasteiger partial charge >= 0.3 is 6.36 Å². The molecule has 0 amide bonds. The molecule has 3 rings (SSSR count). The molecule has 0 aliphatic rings. The van der Waals surface area contributed by atoms with Crippen LogP contribution >= 0.6 is 11.3 Å². The molecule has 2 aromatic heterocycles. The summed E-state index contributed by atoms with van der Waals surface area (Å²) in [6.07, 6.45) is -4.12. The van der Waals surface area contributed by atoms with Crippen molar-refractivity contribution in [1.82, 2.24) is 20.4 Å². The Balaban J connectivity index is 1.82. The topological polar surface area (TPSA) is 96.7 Å². The van der Waals surface area contributed by atoms with Crippen molar-refractivity contribution < 1.29 is 22.6 Å². The van der Waals surface area contributed by atoms with E-state index in [9.17, 15) is 13.2 Å². The number of halogens is 3. The fraction of sp³-hybridized carbons (Fsp3) is 0.200. The predicted octanol–water partition coefficient (Wildman–Crippen LogP) is 4.05. The molecule has 1 aromatic carbocycles. The van der Waals surface area contributed by atoms with Crippen LogP contribution in [0, 0.1) is 11.3 Å². The molecule has 26 heavy (non-hydrogen) atoms. The van der Waals surface area contributed by atoms with Crippen molar-refractivity contribution in [3.8, 4) is 34.1 Å². The van der Waals surface area contributed by atoms with Crippen molar-refractivity contribution >= 4 is 11.3 Å². The molecule has 0 saturated carbocycles. The highest BCUT2D eigenvalue weighted by Gasteiger charge is 2.31. The number of rotatable bonds is 5. The second-order valence-electron chi connectivity index (χ2n) is 4.86. The fourth-order valence-corrected chi connectivity index (χ4v) is 2.95. The molecule has 3 aromatic rings. The summed E-state index contributed by atoms with van der Waals surface area (Å²) in [7, 11) is 0.